The van der Waals surface area contributed by atoms with Gasteiger partial charge in [-0.2, -0.15) is 9.61 Å². The van der Waals surface area contributed by atoms with Gasteiger partial charge in [-0.1, -0.05) is 0 Å². The van der Waals surface area contributed by atoms with Crippen molar-refractivity contribution in [3.8, 4) is 0 Å². The van der Waals surface area contributed by atoms with E-state index in [1.807, 2.05) is 0 Å². The summed E-state index contributed by atoms with van der Waals surface area (Å²) in [5.74, 6) is 0.859. The predicted molar refractivity (Wildman–Crippen MR) is 63.6 cm³/mol. The SMILES string of the molecule is Brc1cnc(N2CCNCC2)n2ncnc12. The van der Waals surface area contributed by atoms with Crippen molar-refractivity contribution < 1.29 is 0 Å². The lowest BCUT2D eigenvalue weighted by molar-refractivity contribution is 0.574. The van der Waals surface area contributed by atoms with Gasteiger partial charge in [-0.3, -0.25) is 0 Å². The van der Waals surface area contributed by atoms with Gasteiger partial charge in [0.2, 0.25) is 5.95 Å². The normalized spacial score (nSPS) is 16.9. The average molecular weight is 283 g/mol. The van der Waals surface area contributed by atoms with E-state index >= 15 is 0 Å². The second kappa shape index (κ2) is 3.99. The fraction of sp³-hybridized carbons (Fsp3) is 0.444. The van der Waals surface area contributed by atoms with E-state index in [0.717, 1.165) is 42.2 Å². The molecule has 6 nitrogen and oxygen atoms in total. The van der Waals surface area contributed by atoms with Crippen molar-refractivity contribution in [2.45, 2.75) is 0 Å². The van der Waals surface area contributed by atoms with Crippen molar-refractivity contribution in [2.24, 2.45) is 0 Å². The van der Waals surface area contributed by atoms with Gasteiger partial charge in [0.15, 0.2) is 5.65 Å². The number of fused-ring (bicyclic) bond motifs is 1. The number of hydrogen-bond donors (Lipinski definition) is 1. The predicted octanol–water partition coefficient (Wildman–Crippen LogP) is 0.296. The van der Waals surface area contributed by atoms with Crippen molar-refractivity contribution in [2.75, 3.05) is 31.1 Å². The minimum absolute atomic E-state index is 0.809. The number of rotatable bonds is 1. The minimum Gasteiger partial charge on any atom is -0.338 e. The number of aromatic nitrogens is 4. The van der Waals surface area contributed by atoms with Crippen LogP contribution in [0.15, 0.2) is 17.0 Å². The molecule has 1 aliphatic heterocycles. The summed E-state index contributed by atoms with van der Waals surface area (Å²) in [6.45, 7) is 3.86. The van der Waals surface area contributed by atoms with E-state index in [1.54, 1.807) is 17.0 Å². The zero-order valence-corrected chi connectivity index (χ0v) is 10.2. The second-order valence-corrected chi connectivity index (χ2v) is 4.49. The molecule has 16 heavy (non-hydrogen) atoms. The van der Waals surface area contributed by atoms with E-state index in [4.69, 9.17) is 0 Å². The molecule has 7 heteroatoms. The van der Waals surface area contributed by atoms with Crippen LogP contribution in [0.25, 0.3) is 5.65 Å². The molecule has 0 aliphatic carbocycles. The number of nitrogens with zero attached hydrogens (tertiary/aromatic N) is 5. The summed E-state index contributed by atoms with van der Waals surface area (Å²) < 4.78 is 2.64. The molecule has 0 bridgehead atoms. The molecule has 1 fully saturated rings. The number of nitrogens with one attached hydrogen (secondary N) is 1. The molecule has 0 saturated carbocycles. The largest absolute Gasteiger partial charge is 0.338 e. The highest BCUT2D eigenvalue weighted by Gasteiger charge is 2.16. The molecule has 3 heterocycles. The highest BCUT2D eigenvalue weighted by Crippen LogP contribution is 2.19. The highest BCUT2D eigenvalue weighted by atomic mass is 79.9. The molecule has 1 aliphatic rings. The lowest BCUT2D eigenvalue weighted by Crippen LogP contribution is -2.44. The lowest BCUT2D eigenvalue weighted by Gasteiger charge is -2.28. The molecule has 2 aromatic heterocycles. The highest BCUT2D eigenvalue weighted by molar-refractivity contribution is 9.10. The Morgan fingerprint density at radius 1 is 1.25 bits per heavy atom. The van der Waals surface area contributed by atoms with Crippen molar-refractivity contribution in [1.82, 2.24) is 24.9 Å². The molecule has 0 unspecified atom stereocenters. The Kier molecular flexibility index (Phi) is 2.49. The van der Waals surface area contributed by atoms with Gasteiger partial charge in [0, 0.05) is 32.4 Å². The summed E-state index contributed by atoms with van der Waals surface area (Å²) in [7, 11) is 0. The van der Waals surface area contributed by atoms with E-state index in [-0.39, 0.29) is 0 Å². The first-order valence-corrected chi connectivity index (χ1v) is 5.95. The van der Waals surface area contributed by atoms with Crippen LogP contribution in [0.3, 0.4) is 0 Å². The van der Waals surface area contributed by atoms with Crippen LogP contribution >= 0.6 is 15.9 Å². The smallest absolute Gasteiger partial charge is 0.228 e. The van der Waals surface area contributed by atoms with E-state index in [2.05, 4.69) is 41.2 Å². The molecule has 0 amide bonds. The topological polar surface area (TPSA) is 58.4 Å². The maximum Gasteiger partial charge on any atom is 0.228 e. The molecule has 84 valence electrons. The number of anilines is 1. The van der Waals surface area contributed by atoms with E-state index in [0.29, 0.717) is 0 Å². The Morgan fingerprint density at radius 2 is 2.06 bits per heavy atom. The Hall–Kier alpha value is -1.21. The number of hydrogen-bond acceptors (Lipinski definition) is 5. The third-order valence-electron chi connectivity index (χ3n) is 2.64. The van der Waals surface area contributed by atoms with E-state index in [1.165, 1.54) is 0 Å². The summed E-state index contributed by atoms with van der Waals surface area (Å²) in [5.41, 5.74) is 0.809. The average Bonchev–Trinajstić information content (AvgIpc) is 2.81. The molecular formula is C9H11BrN6. The van der Waals surface area contributed by atoms with Gasteiger partial charge in [0.25, 0.3) is 0 Å². The van der Waals surface area contributed by atoms with E-state index < -0.39 is 0 Å². The minimum atomic E-state index is 0.809. The standard InChI is InChI=1S/C9H11BrN6/c10-7-5-12-9(15-3-1-11-2-4-15)16-8(7)13-6-14-16/h5-6,11H,1-4H2. The van der Waals surface area contributed by atoms with E-state index in [9.17, 15) is 0 Å². The molecular weight excluding hydrogens is 272 g/mol. The van der Waals surface area contributed by atoms with Crippen LogP contribution in [0.4, 0.5) is 5.95 Å². The maximum absolute atomic E-state index is 4.41. The van der Waals surface area contributed by atoms with Gasteiger partial charge in [-0.15, -0.1) is 0 Å². The van der Waals surface area contributed by atoms with Crippen molar-refractivity contribution in [1.29, 1.82) is 0 Å². The van der Waals surface area contributed by atoms with Crippen LogP contribution in [0.2, 0.25) is 0 Å². The van der Waals surface area contributed by atoms with Crippen LogP contribution in [0, 0.1) is 0 Å². The molecule has 0 spiro atoms. The summed E-state index contributed by atoms with van der Waals surface area (Å²) in [6, 6.07) is 0. The maximum atomic E-state index is 4.41. The van der Waals surface area contributed by atoms with Gasteiger partial charge in [0.05, 0.1) is 4.47 Å². The summed E-state index contributed by atoms with van der Waals surface area (Å²) in [6.07, 6.45) is 3.33. The Labute approximate surface area is 101 Å². The fourth-order valence-corrected chi connectivity index (χ4v) is 2.23. The first kappa shape index (κ1) is 9.98. The van der Waals surface area contributed by atoms with Gasteiger partial charge in [-0.25, -0.2) is 9.97 Å². The van der Waals surface area contributed by atoms with Gasteiger partial charge in [0.1, 0.15) is 6.33 Å². The summed E-state index contributed by atoms with van der Waals surface area (Å²) in [4.78, 5) is 10.8. The van der Waals surface area contributed by atoms with Crippen molar-refractivity contribution in [3.05, 3.63) is 17.0 Å². The van der Waals surface area contributed by atoms with Crippen LogP contribution in [0.1, 0.15) is 0 Å². The second-order valence-electron chi connectivity index (χ2n) is 3.64. The molecule has 1 N–H and O–H groups in total. The number of halogens is 1. The third-order valence-corrected chi connectivity index (χ3v) is 3.20. The Balaban J connectivity index is 2.08. The molecule has 1 saturated heterocycles. The van der Waals surface area contributed by atoms with Crippen LogP contribution in [-0.2, 0) is 0 Å². The molecule has 0 atom stereocenters. The summed E-state index contributed by atoms with van der Waals surface area (Å²) >= 11 is 3.42. The van der Waals surface area contributed by atoms with Crippen LogP contribution in [-0.4, -0.2) is 45.8 Å². The Morgan fingerprint density at radius 3 is 2.88 bits per heavy atom. The van der Waals surface area contributed by atoms with Gasteiger partial charge >= 0.3 is 0 Å². The third kappa shape index (κ3) is 1.56. The molecule has 0 aromatic carbocycles. The van der Waals surface area contributed by atoms with Gasteiger partial charge in [-0.05, 0) is 15.9 Å². The van der Waals surface area contributed by atoms with Gasteiger partial charge < -0.3 is 10.2 Å². The number of piperazine rings is 1. The van der Waals surface area contributed by atoms with Crippen LogP contribution < -0.4 is 10.2 Å². The molecule has 0 radical (unpaired) electrons. The monoisotopic (exact) mass is 282 g/mol. The van der Waals surface area contributed by atoms with Crippen molar-refractivity contribution in [3.63, 3.8) is 0 Å². The molecule has 2 aromatic rings. The quantitative estimate of drug-likeness (QED) is 0.815. The lowest BCUT2D eigenvalue weighted by atomic mass is 10.4. The molecule has 3 rings (SSSR count). The first-order valence-electron chi connectivity index (χ1n) is 5.16. The van der Waals surface area contributed by atoms with Crippen LogP contribution in [0.5, 0.6) is 0 Å². The Bertz CT molecular complexity index is 504. The zero-order chi connectivity index (χ0) is 11.0. The zero-order valence-electron chi connectivity index (χ0n) is 8.60. The summed E-state index contributed by atoms with van der Waals surface area (Å²) in [5, 5.41) is 7.52. The van der Waals surface area contributed by atoms with Crippen molar-refractivity contribution >= 4 is 27.5 Å². The fourth-order valence-electron chi connectivity index (χ4n) is 1.86. The first-order chi connectivity index (χ1) is 7.86.